The maximum atomic E-state index is 13.9. The average molecular weight is 1980 g/mol. The minimum absolute atomic E-state index is 0.0617. The van der Waals surface area contributed by atoms with Crippen LogP contribution in [0.25, 0.3) is 22.3 Å². The molecule has 0 radical (unpaired) electrons. The molecule has 1 N–H and O–H groups in total. The first-order valence-electron chi connectivity index (χ1n) is 55.6. The number of fused-ring (bicyclic) bond motifs is 8. The van der Waals surface area contributed by atoms with Crippen molar-refractivity contribution in [3.8, 4) is 0 Å². The van der Waals surface area contributed by atoms with E-state index in [9.17, 15) is 43.5 Å². The highest BCUT2D eigenvalue weighted by atomic mass is 16.6. The number of aryl methyl sites for hydroxylation is 3. The first-order chi connectivity index (χ1) is 67.8. The minimum Gasteiger partial charge on any atom is -0.444 e. The van der Waals surface area contributed by atoms with Crippen LogP contribution in [-0.4, -0.2) is 219 Å². The smallest absolute Gasteiger partial charge is 0.410 e. The lowest BCUT2D eigenvalue weighted by Gasteiger charge is -2.42. The third-order valence-electron chi connectivity index (χ3n) is 32.5. The molecule has 144 heavy (non-hydrogen) atoms. The largest absolute Gasteiger partial charge is 0.444 e. The second kappa shape index (κ2) is 47.5. The highest BCUT2D eigenvalue weighted by Crippen LogP contribution is 2.51. The van der Waals surface area contributed by atoms with Gasteiger partial charge in [-0.25, -0.2) is 19.2 Å². The molecule has 8 amide bonds. The molecule has 4 aromatic rings. The summed E-state index contributed by atoms with van der Waals surface area (Å²) in [5, 5.41) is 9.64. The fourth-order valence-corrected chi connectivity index (χ4v) is 25.7. The van der Waals surface area contributed by atoms with Gasteiger partial charge in [0, 0.05) is 104 Å². The van der Waals surface area contributed by atoms with E-state index in [1.54, 1.807) is 19.6 Å². The van der Waals surface area contributed by atoms with Crippen LogP contribution in [0.2, 0.25) is 0 Å². The molecule has 4 aromatic carbocycles. The van der Waals surface area contributed by atoms with Crippen LogP contribution >= 0.6 is 0 Å². The zero-order chi connectivity index (χ0) is 105. The molecular weight excluding hydrogens is 1800 g/mol. The summed E-state index contributed by atoms with van der Waals surface area (Å²) in [6.45, 7) is 53.4. The van der Waals surface area contributed by atoms with Crippen LogP contribution < -0.4 is 0 Å². The molecule has 12 aliphatic rings. The summed E-state index contributed by atoms with van der Waals surface area (Å²) < 4.78 is 22.0. The highest BCUT2D eigenvalue weighted by molar-refractivity contribution is 5.89. The maximum Gasteiger partial charge on any atom is 0.410 e. The van der Waals surface area contributed by atoms with Crippen molar-refractivity contribution in [1.82, 2.24) is 39.2 Å². The zero-order valence-electron chi connectivity index (χ0n) is 93.5. The van der Waals surface area contributed by atoms with Gasteiger partial charge in [0.2, 0.25) is 23.6 Å². The molecular formula is C123H182N8O13. The predicted molar refractivity (Wildman–Crippen MR) is 579 cm³/mol. The molecule has 8 aliphatic carbocycles. The average Bonchev–Trinajstić information content (AvgIpc) is 1.61. The Hall–Kier alpha value is -9.24. The fraction of sp³-hybridized carbons (Fsp3) is 0.675. The second-order valence-electron chi connectivity index (χ2n) is 50.9. The van der Waals surface area contributed by atoms with Gasteiger partial charge in [-0.2, -0.15) is 0 Å². The van der Waals surface area contributed by atoms with Gasteiger partial charge >= 0.3 is 24.4 Å². The van der Waals surface area contributed by atoms with E-state index in [0.29, 0.717) is 97.2 Å². The van der Waals surface area contributed by atoms with Crippen molar-refractivity contribution < 1.29 is 62.4 Å². The van der Waals surface area contributed by atoms with E-state index in [4.69, 9.17) is 18.9 Å². The Morgan fingerprint density at radius 2 is 0.583 bits per heavy atom. The number of nitrogens with zero attached hydrogens (tertiary/aromatic N) is 8. The van der Waals surface area contributed by atoms with Gasteiger partial charge in [-0.3, -0.25) is 19.2 Å². The molecule has 4 unspecified atom stereocenters. The normalized spacial score (nSPS) is 24.0. The Morgan fingerprint density at radius 1 is 0.326 bits per heavy atom. The van der Waals surface area contributed by atoms with Gasteiger partial charge in [0.15, 0.2) is 0 Å². The summed E-state index contributed by atoms with van der Waals surface area (Å²) in [7, 11) is 7.27. The van der Waals surface area contributed by atoms with Crippen molar-refractivity contribution in [2.45, 2.75) is 386 Å². The Balaban J connectivity index is 0.000000161. The van der Waals surface area contributed by atoms with Crippen molar-refractivity contribution in [1.29, 1.82) is 0 Å². The maximum absolute atomic E-state index is 13.9. The molecule has 4 heterocycles. The van der Waals surface area contributed by atoms with E-state index in [2.05, 4.69) is 162 Å². The van der Waals surface area contributed by atoms with Crippen LogP contribution in [0, 0.1) is 91.8 Å². The topological polar surface area (TPSA) is 220 Å². The van der Waals surface area contributed by atoms with Gasteiger partial charge in [0.25, 0.3) is 0 Å². The number of rotatable bonds is 20. The standard InChI is InChI=1S/C31H46N2O4.2C31H46N2O3.C30H44N2O3/c1-20(2)15-28-27-17-24-12-9-22(19-34)16-26(24)25(27)13-14-33(28)29(35)23-10-7-21(8-11-23)18-32(6)30(36)37-31(3,4)5;1-20(2)16-28-27-18-24-17-21(3)8-13-25(24)26(27)14-15-33(28)29(34)23-11-9-22(10-12-23)19-32(7)30(35)36-31(4,5)6;1-20(2)16-28-27-18-24-11-8-21(3)17-26(24)25(27)14-15-33(28)29(34)23-12-9-22(10-13-23)19-32(7)30(35)36-31(4,5)6;1-19(2)27-26-17-23-11-8-20(3)16-25(23)24(26)14-15-32(27)28(33)22-12-9-21(10-13-22)18-31(7)29(34)35-30(4,5)6/h9,12,16,20-21,23,28,34H,7-8,10-11,13-15,17-19H2,1-6H3;8,13,17,20,22-23,28H,9-12,14-16,18-19H2,1-7H3;8,11,17,20,22-23,28H,9-10,12-16,18-19H2,1-7H3;8,11,16,19,21-22,27H,9-10,12-15,17-18H2,1-7H3. The summed E-state index contributed by atoms with van der Waals surface area (Å²) in [6, 6.07) is 27.7. The van der Waals surface area contributed by atoms with E-state index in [-0.39, 0.29) is 78.8 Å². The van der Waals surface area contributed by atoms with Gasteiger partial charge in [-0.15, -0.1) is 0 Å². The van der Waals surface area contributed by atoms with Crippen molar-refractivity contribution in [2.75, 3.05) is 80.5 Å². The van der Waals surface area contributed by atoms with Crippen LogP contribution in [-0.2, 0) is 70.4 Å². The molecule has 16 rings (SSSR count). The molecule has 4 atom stereocenters. The molecule has 4 aliphatic heterocycles. The zero-order valence-corrected chi connectivity index (χ0v) is 93.5. The van der Waals surface area contributed by atoms with Crippen molar-refractivity contribution >= 4 is 70.3 Å². The number of ether oxygens (including phenoxy) is 4. The lowest BCUT2D eigenvalue weighted by atomic mass is 9.79. The summed E-state index contributed by atoms with van der Waals surface area (Å²) in [5.74, 6) is 5.48. The highest BCUT2D eigenvalue weighted by Gasteiger charge is 2.48. The summed E-state index contributed by atoms with van der Waals surface area (Å²) in [6.07, 6.45) is 24.9. The van der Waals surface area contributed by atoms with Crippen LogP contribution in [0.5, 0.6) is 0 Å². The van der Waals surface area contributed by atoms with E-state index >= 15 is 0 Å². The number of hydrogen-bond donors (Lipinski definition) is 1. The molecule has 4 fully saturated rings. The number of aliphatic hydroxyl groups excluding tert-OH is 1. The van der Waals surface area contributed by atoms with E-state index < -0.39 is 22.4 Å². The molecule has 21 heteroatoms. The summed E-state index contributed by atoms with van der Waals surface area (Å²) in [4.78, 5) is 121. The molecule has 0 spiro atoms. The molecule has 792 valence electrons. The fourth-order valence-electron chi connectivity index (χ4n) is 25.7. The molecule has 0 bridgehead atoms. The SMILES string of the molecule is CC(C)CC1C2=C(CCN1C(=O)C1CCC(CN(C)C(=O)OC(C)(C)C)CC1)c1cc(CO)ccc1C2.Cc1ccc2c(c1)C1=C(C2)C(C(C)C)N(C(=O)C2CCC(CN(C)C(=O)OC(C)(C)C)CC2)CC1.Cc1ccc2c(c1)C1=C(C2)C(CC(C)C)N(C(=O)C2CCC(CN(C)C(=O)OC(C)(C)C)CC2)CC1.Cc1ccc2c(c1)CC1=C2CCN(C(=O)C2CCC(CN(C)C(=O)OC(C)(C)C)CC2)C1CC(C)C. The van der Waals surface area contributed by atoms with Crippen LogP contribution in [0.1, 0.15) is 353 Å². The number of hydrogen-bond acceptors (Lipinski definition) is 13. The van der Waals surface area contributed by atoms with Crippen molar-refractivity contribution in [2.24, 2.45) is 71.0 Å². The van der Waals surface area contributed by atoms with Crippen LogP contribution in [0.4, 0.5) is 19.2 Å². The summed E-state index contributed by atoms with van der Waals surface area (Å²) in [5.41, 5.74) is 26.0. The van der Waals surface area contributed by atoms with Gasteiger partial charge in [0.05, 0.1) is 30.8 Å². The third kappa shape index (κ3) is 28.4. The Bertz CT molecular complexity index is 5360. The Kier molecular flexibility index (Phi) is 36.9. The first-order valence-corrected chi connectivity index (χ1v) is 55.6. The number of benzene rings is 4. The first kappa shape index (κ1) is 112. The van der Waals surface area contributed by atoms with Gasteiger partial charge in [-0.1, -0.05) is 139 Å². The second-order valence-corrected chi connectivity index (χ2v) is 50.9. The number of carbonyl (C=O) groups excluding carboxylic acids is 8. The monoisotopic (exact) mass is 1980 g/mol. The van der Waals surface area contributed by atoms with E-state index in [1.807, 2.05) is 117 Å². The number of amides is 8. The van der Waals surface area contributed by atoms with Crippen LogP contribution in [0.3, 0.4) is 0 Å². The summed E-state index contributed by atoms with van der Waals surface area (Å²) >= 11 is 0. The van der Waals surface area contributed by atoms with Gasteiger partial charge in [0.1, 0.15) is 22.4 Å². The van der Waals surface area contributed by atoms with Gasteiger partial charge < -0.3 is 63.3 Å². The van der Waals surface area contributed by atoms with Crippen molar-refractivity contribution in [3.63, 3.8) is 0 Å². The van der Waals surface area contributed by atoms with Crippen LogP contribution in [0.15, 0.2) is 95.1 Å². The Labute approximate surface area is 866 Å². The molecule has 0 aromatic heterocycles. The predicted octanol–water partition coefficient (Wildman–Crippen LogP) is 25.3. The van der Waals surface area contributed by atoms with Gasteiger partial charge in [-0.05, 0) is 425 Å². The third-order valence-corrected chi connectivity index (χ3v) is 32.5. The van der Waals surface area contributed by atoms with E-state index in [1.165, 1.54) is 106 Å². The number of carbonyl (C=O) groups is 8. The Morgan fingerprint density at radius 3 is 0.882 bits per heavy atom. The minimum atomic E-state index is -0.493. The van der Waals surface area contributed by atoms with Crippen molar-refractivity contribution in [3.05, 3.63) is 162 Å². The lowest BCUT2D eigenvalue weighted by Crippen LogP contribution is -2.50. The van der Waals surface area contributed by atoms with E-state index in [0.717, 1.165) is 205 Å². The molecule has 21 nitrogen and oxygen atoms in total. The molecule has 4 saturated carbocycles. The number of aliphatic hydroxyl groups is 1. The lowest BCUT2D eigenvalue weighted by molar-refractivity contribution is -0.140. The molecule has 0 saturated heterocycles. The quantitative estimate of drug-likeness (QED) is 0.0815.